The number of para-hydroxylation sites is 1. The first-order chi connectivity index (χ1) is 17.8. The molecule has 3 rings (SSSR count). The van der Waals surface area contributed by atoms with Gasteiger partial charge in [0.2, 0.25) is 0 Å². The minimum atomic E-state index is -0.731. The van der Waals surface area contributed by atoms with E-state index >= 15 is 0 Å². The normalized spacial score (nSPS) is 11.8. The van der Waals surface area contributed by atoms with Crippen LogP contribution < -0.4 is 20.2 Å². The molecule has 0 aliphatic rings. The maximum absolute atomic E-state index is 12.7. The minimum absolute atomic E-state index is 0.180. The third-order valence-corrected chi connectivity index (χ3v) is 5.80. The summed E-state index contributed by atoms with van der Waals surface area (Å²) in [6.07, 6.45) is 2.00. The molecule has 0 radical (unpaired) electrons. The third-order valence-electron chi connectivity index (χ3n) is 5.43. The number of halogens is 1. The molecule has 8 heteroatoms. The summed E-state index contributed by atoms with van der Waals surface area (Å²) in [5, 5.41) is 7.46. The molecular weight excluding hydrogens is 490 g/mol. The van der Waals surface area contributed by atoms with E-state index in [0.29, 0.717) is 29.5 Å². The molecule has 0 aromatic heterocycles. The first kappa shape index (κ1) is 27.7. The SMILES string of the molecule is Cc1ccccc1OCC(=O)N[C@@H](CC(C)C)C(=O)N/N=C\c1ccc(OCc2ccccc2Cl)cc1. The zero-order chi connectivity index (χ0) is 26.6. The Labute approximate surface area is 222 Å². The molecule has 0 aliphatic heterocycles. The number of ether oxygens (including phenoxy) is 2. The van der Waals surface area contributed by atoms with Crippen LogP contribution in [-0.2, 0) is 16.2 Å². The van der Waals surface area contributed by atoms with Crippen LogP contribution in [0.4, 0.5) is 0 Å². The van der Waals surface area contributed by atoms with Gasteiger partial charge in [0.15, 0.2) is 6.61 Å². The smallest absolute Gasteiger partial charge is 0.262 e. The van der Waals surface area contributed by atoms with Crippen molar-refractivity contribution >= 4 is 29.6 Å². The molecule has 0 saturated carbocycles. The van der Waals surface area contributed by atoms with Crippen molar-refractivity contribution in [3.63, 3.8) is 0 Å². The molecule has 0 bridgehead atoms. The lowest BCUT2D eigenvalue weighted by Crippen LogP contribution is -2.47. The van der Waals surface area contributed by atoms with Gasteiger partial charge in [-0.1, -0.05) is 61.8 Å². The molecule has 0 unspecified atom stereocenters. The average Bonchev–Trinajstić information content (AvgIpc) is 2.88. The fraction of sp³-hybridized carbons (Fsp3) is 0.276. The summed E-state index contributed by atoms with van der Waals surface area (Å²) < 4.78 is 11.4. The first-order valence-electron chi connectivity index (χ1n) is 12.1. The highest BCUT2D eigenvalue weighted by atomic mass is 35.5. The fourth-order valence-electron chi connectivity index (χ4n) is 3.48. The summed E-state index contributed by atoms with van der Waals surface area (Å²) >= 11 is 6.16. The van der Waals surface area contributed by atoms with Gasteiger partial charge in [-0.15, -0.1) is 0 Å². The Morgan fingerprint density at radius 1 is 0.973 bits per heavy atom. The number of amides is 2. The lowest BCUT2D eigenvalue weighted by Gasteiger charge is -2.19. The van der Waals surface area contributed by atoms with Gasteiger partial charge >= 0.3 is 0 Å². The number of rotatable bonds is 12. The number of hydrogen-bond donors (Lipinski definition) is 2. The van der Waals surface area contributed by atoms with Gasteiger partial charge in [0.25, 0.3) is 11.8 Å². The van der Waals surface area contributed by atoms with Crippen molar-refractivity contribution in [2.24, 2.45) is 11.0 Å². The van der Waals surface area contributed by atoms with Crippen LogP contribution in [0, 0.1) is 12.8 Å². The highest BCUT2D eigenvalue weighted by Crippen LogP contribution is 2.19. The van der Waals surface area contributed by atoms with Gasteiger partial charge in [0.1, 0.15) is 24.1 Å². The Bertz CT molecular complexity index is 1210. The Balaban J connectivity index is 1.49. The molecule has 194 valence electrons. The van der Waals surface area contributed by atoms with E-state index in [2.05, 4.69) is 15.8 Å². The number of hydrogen-bond acceptors (Lipinski definition) is 5. The van der Waals surface area contributed by atoms with Crippen LogP contribution >= 0.6 is 11.6 Å². The van der Waals surface area contributed by atoms with Crippen LogP contribution in [0.2, 0.25) is 5.02 Å². The number of nitrogens with zero attached hydrogens (tertiary/aromatic N) is 1. The van der Waals surface area contributed by atoms with Gasteiger partial charge in [-0.05, 0) is 66.8 Å². The molecule has 0 heterocycles. The molecular formula is C29H32ClN3O4. The Hall–Kier alpha value is -3.84. The minimum Gasteiger partial charge on any atom is -0.489 e. The zero-order valence-electron chi connectivity index (χ0n) is 21.2. The van der Waals surface area contributed by atoms with Crippen LogP contribution in [0.3, 0.4) is 0 Å². The van der Waals surface area contributed by atoms with Gasteiger partial charge in [-0.3, -0.25) is 9.59 Å². The van der Waals surface area contributed by atoms with E-state index < -0.39 is 11.9 Å². The first-order valence-corrected chi connectivity index (χ1v) is 12.5. The van der Waals surface area contributed by atoms with Gasteiger partial charge in [0, 0.05) is 10.6 Å². The number of benzene rings is 3. The van der Waals surface area contributed by atoms with Crippen molar-refractivity contribution in [3.8, 4) is 11.5 Å². The molecule has 0 spiro atoms. The number of nitrogens with one attached hydrogen (secondary N) is 2. The molecule has 0 aliphatic carbocycles. The van der Waals surface area contributed by atoms with Crippen molar-refractivity contribution in [2.45, 2.75) is 39.8 Å². The van der Waals surface area contributed by atoms with Crippen LogP contribution in [0.5, 0.6) is 11.5 Å². The van der Waals surface area contributed by atoms with Crippen molar-refractivity contribution in [1.29, 1.82) is 0 Å². The second kappa shape index (κ2) is 14.0. The Morgan fingerprint density at radius 2 is 1.68 bits per heavy atom. The summed E-state index contributed by atoms with van der Waals surface area (Å²) in [6, 6.07) is 21.5. The predicted molar refractivity (Wildman–Crippen MR) is 146 cm³/mol. The maximum Gasteiger partial charge on any atom is 0.262 e. The second-order valence-corrected chi connectivity index (χ2v) is 9.39. The van der Waals surface area contributed by atoms with E-state index in [0.717, 1.165) is 16.7 Å². The molecule has 1 atom stereocenters. The summed E-state index contributed by atoms with van der Waals surface area (Å²) in [4.78, 5) is 25.2. The standard InChI is InChI=1S/C29H32ClN3O4/c1-20(2)16-26(32-28(34)19-37-27-11-7-4-8-21(27)3)29(35)33-31-17-22-12-14-24(15-13-22)36-18-23-9-5-6-10-25(23)30/h4-15,17,20,26H,16,18-19H2,1-3H3,(H,32,34)(H,33,35)/b31-17-/t26-/m0/s1. The van der Waals surface area contributed by atoms with Crippen LogP contribution in [0.1, 0.15) is 37.0 Å². The largest absolute Gasteiger partial charge is 0.489 e. The summed E-state index contributed by atoms with van der Waals surface area (Å²) in [6.45, 7) is 6.05. The highest BCUT2D eigenvalue weighted by molar-refractivity contribution is 6.31. The second-order valence-electron chi connectivity index (χ2n) is 8.99. The molecule has 2 amide bonds. The van der Waals surface area contributed by atoms with Gasteiger partial charge < -0.3 is 14.8 Å². The van der Waals surface area contributed by atoms with Crippen molar-refractivity contribution < 1.29 is 19.1 Å². The monoisotopic (exact) mass is 521 g/mol. The van der Waals surface area contributed by atoms with Gasteiger partial charge in [0.05, 0.1) is 6.21 Å². The summed E-state index contributed by atoms with van der Waals surface area (Å²) in [5.74, 6) is 0.742. The topological polar surface area (TPSA) is 89.0 Å². The van der Waals surface area contributed by atoms with Crippen LogP contribution in [-0.4, -0.2) is 30.7 Å². The Kier molecular flexibility index (Phi) is 10.5. The van der Waals surface area contributed by atoms with Crippen molar-refractivity contribution in [1.82, 2.24) is 10.7 Å². The van der Waals surface area contributed by atoms with E-state index in [4.69, 9.17) is 21.1 Å². The zero-order valence-corrected chi connectivity index (χ0v) is 22.0. The van der Waals surface area contributed by atoms with Gasteiger partial charge in [-0.25, -0.2) is 5.43 Å². The number of carbonyl (C=O) groups excluding carboxylic acids is 2. The quantitative estimate of drug-likeness (QED) is 0.250. The number of carbonyl (C=O) groups is 2. The molecule has 7 nitrogen and oxygen atoms in total. The number of aryl methyl sites for hydroxylation is 1. The van der Waals surface area contributed by atoms with Crippen molar-refractivity contribution in [2.75, 3.05) is 6.61 Å². The summed E-state index contributed by atoms with van der Waals surface area (Å²) in [7, 11) is 0. The molecule has 3 aromatic rings. The maximum atomic E-state index is 12.7. The fourth-order valence-corrected chi connectivity index (χ4v) is 3.67. The molecule has 3 aromatic carbocycles. The lowest BCUT2D eigenvalue weighted by molar-refractivity contribution is -0.130. The Morgan fingerprint density at radius 3 is 2.38 bits per heavy atom. The third kappa shape index (κ3) is 9.28. The molecule has 0 saturated heterocycles. The molecule has 2 N–H and O–H groups in total. The van der Waals surface area contributed by atoms with E-state index in [1.165, 1.54) is 6.21 Å². The van der Waals surface area contributed by atoms with E-state index in [1.54, 1.807) is 6.07 Å². The highest BCUT2D eigenvalue weighted by Gasteiger charge is 2.22. The summed E-state index contributed by atoms with van der Waals surface area (Å²) in [5.41, 5.74) is 5.14. The van der Waals surface area contributed by atoms with E-state index in [-0.39, 0.29) is 18.4 Å². The van der Waals surface area contributed by atoms with Crippen LogP contribution in [0.15, 0.2) is 77.9 Å². The van der Waals surface area contributed by atoms with E-state index in [1.807, 2.05) is 87.5 Å². The van der Waals surface area contributed by atoms with Crippen LogP contribution in [0.25, 0.3) is 0 Å². The number of hydrazone groups is 1. The predicted octanol–water partition coefficient (Wildman–Crippen LogP) is 5.29. The molecule has 37 heavy (non-hydrogen) atoms. The van der Waals surface area contributed by atoms with E-state index in [9.17, 15) is 9.59 Å². The lowest BCUT2D eigenvalue weighted by atomic mass is 10.0. The van der Waals surface area contributed by atoms with Gasteiger partial charge in [-0.2, -0.15) is 5.10 Å². The molecule has 0 fully saturated rings. The van der Waals surface area contributed by atoms with Crippen molar-refractivity contribution in [3.05, 3.63) is 94.5 Å². The average molecular weight is 522 g/mol.